The van der Waals surface area contributed by atoms with Gasteiger partial charge in [0.05, 0.1) is 6.07 Å². The number of nitrogens with zero attached hydrogens (tertiary/aromatic N) is 2. The number of carboxylic acid groups (broad SMARTS) is 1. The Kier molecular flexibility index (Phi) is 4.45. The van der Waals surface area contributed by atoms with E-state index in [9.17, 15) is 13.2 Å². The van der Waals surface area contributed by atoms with Gasteiger partial charge in [0.25, 0.3) is 0 Å². The third kappa shape index (κ3) is 2.74. The molecule has 0 radical (unpaired) electrons. The number of nitriles is 1. The van der Waals surface area contributed by atoms with Crippen molar-refractivity contribution >= 4 is 16.0 Å². The van der Waals surface area contributed by atoms with Crippen molar-refractivity contribution in [2.75, 3.05) is 19.6 Å². The summed E-state index contributed by atoms with van der Waals surface area (Å²) in [5, 5.41) is 19.4. The van der Waals surface area contributed by atoms with Crippen molar-refractivity contribution in [1.29, 1.82) is 5.26 Å². The molecular weight excluding hydrogens is 246 g/mol. The second kappa shape index (κ2) is 5.44. The first-order valence-electron chi connectivity index (χ1n) is 5.29. The molecule has 2 unspecified atom stereocenters. The molecule has 2 atom stereocenters. The van der Waals surface area contributed by atoms with Gasteiger partial charge < -0.3 is 10.4 Å². The molecule has 0 spiro atoms. The molecule has 8 heteroatoms. The summed E-state index contributed by atoms with van der Waals surface area (Å²) in [5.74, 6) is -1.20. The standard InChI is InChI=1S/C9H15N3O4S/c1-2-7(5-10)17(15,16)12-4-3-11-6-8(12)9(13)14/h7-8,11H,2-4,6H2,1H3,(H,13,14). The van der Waals surface area contributed by atoms with Gasteiger partial charge in [-0.1, -0.05) is 6.92 Å². The molecule has 1 aliphatic rings. The van der Waals surface area contributed by atoms with Crippen molar-refractivity contribution in [2.45, 2.75) is 24.6 Å². The van der Waals surface area contributed by atoms with Crippen molar-refractivity contribution in [3.63, 3.8) is 0 Å². The summed E-state index contributed by atoms with van der Waals surface area (Å²) < 4.78 is 25.1. The van der Waals surface area contributed by atoms with Crippen LogP contribution in [0.5, 0.6) is 0 Å². The van der Waals surface area contributed by atoms with E-state index in [0.29, 0.717) is 6.54 Å². The van der Waals surface area contributed by atoms with Crippen LogP contribution in [0, 0.1) is 11.3 Å². The maximum atomic E-state index is 12.1. The molecule has 17 heavy (non-hydrogen) atoms. The monoisotopic (exact) mass is 261 g/mol. The summed E-state index contributed by atoms with van der Waals surface area (Å²) >= 11 is 0. The molecule has 0 aromatic rings. The predicted molar refractivity (Wildman–Crippen MR) is 59.6 cm³/mol. The summed E-state index contributed by atoms with van der Waals surface area (Å²) in [6.45, 7) is 2.13. The van der Waals surface area contributed by atoms with Crippen LogP contribution >= 0.6 is 0 Å². The van der Waals surface area contributed by atoms with Crippen LogP contribution < -0.4 is 5.32 Å². The Morgan fingerprint density at radius 1 is 1.71 bits per heavy atom. The largest absolute Gasteiger partial charge is 0.480 e. The summed E-state index contributed by atoms with van der Waals surface area (Å²) in [7, 11) is -3.87. The van der Waals surface area contributed by atoms with Gasteiger partial charge in [-0.15, -0.1) is 0 Å². The fourth-order valence-electron chi connectivity index (χ4n) is 1.73. The van der Waals surface area contributed by atoms with Crippen molar-refractivity contribution in [1.82, 2.24) is 9.62 Å². The van der Waals surface area contributed by atoms with Crippen LogP contribution in [0.25, 0.3) is 0 Å². The summed E-state index contributed by atoms with van der Waals surface area (Å²) in [6, 6.07) is 0.577. The number of rotatable bonds is 4. The van der Waals surface area contributed by atoms with Gasteiger partial charge in [-0.25, -0.2) is 8.42 Å². The van der Waals surface area contributed by atoms with E-state index in [0.717, 1.165) is 4.31 Å². The lowest BCUT2D eigenvalue weighted by atomic mass is 10.2. The number of piperazine rings is 1. The molecular formula is C9H15N3O4S. The first-order valence-corrected chi connectivity index (χ1v) is 6.79. The lowest BCUT2D eigenvalue weighted by Crippen LogP contribution is -2.58. The van der Waals surface area contributed by atoms with E-state index in [-0.39, 0.29) is 19.5 Å². The van der Waals surface area contributed by atoms with Gasteiger partial charge in [0.15, 0.2) is 5.25 Å². The van der Waals surface area contributed by atoms with E-state index in [2.05, 4.69) is 5.32 Å². The van der Waals surface area contributed by atoms with Gasteiger partial charge in [-0.3, -0.25) is 4.79 Å². The Bertz CT molecular complexity index is 428. The van der Waals surface area contributed by atoms with Crippen LogP contribution in [0.4, 0.5) is 0 Å². The molecule has 0 aliphatic carbocycles. The Hall–Kier alpha value is -1.17. The Morgan fingerprint density at radius 3 is 2.82 bits per heavy atom. The lowest BCUT2D eigenvalue weighted by molar-refractivity contribution is -0.141. The number of hydrogen-bond acceptors (Lipinski definition) is 5. The minimum Gasteiger partial charge on any atom is -0.480 e. The highest BCUT2D eigenvalue weighted by Crippen LogP contribution is 2.17. The van der Waals surface area contributed by atoms with Crippen molar-refractivity contribution < 1.29 is 18.3 Å². The van der Waals surface area contributed by atoms with Gasteiger partial charge in [0, 0.05) is 19.6 Å². The highest BCUT2D eigenvalue weighted by atomic mass is 32.2. The molecule has 1 rings (SSSR count). The van der Waals surface area contributed by atoms with Crippen LogP contribution in [0.3, 0.4) is 0 Å². The molecule has 1 fully saturated rings. The molecule has 7 nitrogen and oxygen atoms in total. The lowest BCUT2D eigenvalue weighted by Gasteiger charge is -2.33. The fraction of sp³-hybridized carbons (Fsp3) is 0.778. The molecule has 0 aromatic heterocycles. The first kappa shape index (κ1) is 13.9. The first-order chi connectivity index (χ1) is 7.95. The molecule has 0 aromatic carbocycles. The third-order valence-corrected chi connectivity index (χ3v) is 4.93. The molecule has 1 saturated heterocycles. The summed E-state index contributed by atoms with van der Waals surface area (Å²) in [6.07, 6.45) is 0.148. The number of sulfonamides is 1. The molecule has 2 N–H and O–H groups in total. The van der Waals surface area contributed by atoms with Crippen molar-refractivity contribution in [3.05, 3.63) is 0 Å². The number of hydrogen-bond donors (Lipinski definition) is 2. The van der Waals surface area contributed by atoms with Crippen molar-refractivity contribution in [2.24, 2.45) is 0 Å². The number of carboxylic acids is 1. The van der Waals surface area contributed by atoms with E-state index >= 15 is 0 Å². The van der Waals surface area contributed by atoms with E-state index < -0.39 is 27.3 Å². The van der Waals surface area contributed by atoms with Crippen molar-refractivity contribution in [3.8, 4) is 6.07 Å². The Balaban J connectivity index is 3.03. The van der Waals surface area contributed by atoms with Crippen LogP contribution in [0.1, 0.15) is 13.3 Å². The topological polar surface area (TPSA) is 111 Å². The fourth-order valence-corrected chi connectivity index (χ4v) is 3.48. The summed E-state index contributed by atoms with van der Waals surface area (Å²) in [5.41, 5.74) is 0. The molecule has 1 aliphatic heterocycles. The quantitative estimate of drug-likeness (QED) is 0.670. The number of nitrogens with one attached hydrogen (secondary N) is 1. The zero-order valence-corrected chi connectivity index (χ0v) is 10.3. The SMILES string of the molecule is CCC(C#N)S(=O)(=O)N1CCNCC1C(=O)O. The van der Waals surface area contributed by atoms with Gasteiger partial charge in [-0.05, 0) is 6.42 Å². The van der Waals surface area contributed by atoms with Gasteiger partial charge in [0.2, 0.25) is 10.0 Å². The highest BCUT2D eigenvalue weighted by molar-refractivity contribution is 7.90. The smallest absolute Gasteiger partial charge is 0.323 e. The zero-order chi connectivity index (χ0) is 13.1. The molecule has 0 bridgehead atoms. The Morgan fingerprint density at radius 2 is 2.35 bits per heavy atom. The second-order valence-electron chi connectivity index (χ2n) is 3.74. The average molecular weight is 261 g/mol. The molecule has 0 amide bonds. The minimum atomic E-state index is -3.87. The maximum absolute atomic E-state index is 12.1. The van der Waals surface area contributed by atoms with Crippen LogP contribution in [-0.4, -0.2) is 54.7 Å². The third-order valence-electron chi connectivity index (χ3n) is 2.68. The van der Waals surface area contributed by atoms with E-state index in [1.54, 1.807) is 13.0 Å². The van der Waals surface area contributed by atoms with Gasteiger partial charge in [-0.2, -0.15) is 9.57 Å². The van der Waals surface area contributed by atoms with Gasteiger partial charge in [0.1, 0.15) is 6.04 Å². The Labute approximate surface area is 100 Å². The second-order valence-corrected chi connectivity index (χ2v) is 5.81. The summed E-state index contributed by atoms with van der Waals surface area (Å²) in [4.78, 5) is 11.0. The average Bonchev–Trinajstić information content (AvgIpc) is 2.30. The number of aliphatic carboxylic acids is 1. The number of carbonyl (C=O) groups is 1. The van der Waals surface area contributed by atoms with E-state index in [1.807, 2.05) is 0 Å². The van der Waals surface area contributed by atoms with Crippen LogP contribution in [0.15, 0.2) is 0 Å². The van der Waals surface area contributed by atoms with E-state index in [1.165, 1.54) is 0 Å². The normalized spacial score (nSPS) is 23.9. The molecule has 0 saturated carbocycles. The zero-order valence-electron chi connectivity index (χ0n) is 9.46. The molecule has 96 valence electrons. The van der Waals surface area contributed by atoms with E-state index in [4.69, 9.17) is 10.4 Å². The highest BCUT2D eigenvalue weighted by Gasteiger charge is 2.40. The maximum Gasteiger partial charge on any atom is 0.323 e. The van der Waals surface area contributed by atoms with Crippen LogP contribution in [-0.2, 0) is 14.8 Å². The van der Waals surface area contributed by atoms with Gasteiger partial charge >= 0.3 is 5.97 Å². The minimum absolute atomic E-state index is 0.0659. The molecule has 1 heterocycles. The van der Waals surface area contributed by atoms with Crippen LogP contribution in [0.2, 0.25) is 0 Å². The predicted octanol–water partition coefficient (Wildman–Crippen LogP) is -1.02.